The van der Waals surface area contributed by atoms with Crippen LogP contribution in [0.1, 0.15) is 26.2 Å². The van der Waals surface area contributed by atoms with E-state index in [1.807, 2.05) is 31.2 Å². The number of benzene rings is 1. The fraction of sp³-hybridized carbons (Fsp3) is 0.533. The van der Waals surface area contributed by atoms with E-state index >= 15 is 0 Å². The SMILES string of the molecule is CC(CN)N(C)C(=O)CCCCOc1ccc(Br)cc1.Cl. The van der Waals surface area contributed by atoms with Gasteiger partial charge in [0.1, 0.15) is 5.75 Å². The van der Waals surface area contributed by atoms with Crippen molar-refractivity contribution in [2.75, 3.05) is 20.2 Å². The first-order valence-electron chi connectivity index (χ1n) is 6.88. The second kappa shape index (κ2) is 10.9. The van der Waals surface area contributed by atoms with Crippen molar-refractivity contribution in [1.82, 2.24) is 4.90 Å². The van der Waals surface area contributed by atoms with Gasteiger partial charge in [0.15, 0.2) is 0 Å². The van der Waals surface area contributed by atoms with Crippen LogP contribution in [0.3, 0.4) is 0 Å². The molecule has 0 radical (unpaired) electrons. The number of rotatable bonds is 8. The normalized spacial score (nSPS) is 11.4. The predicted molar refractivity (Wildman–Crippen MR) is 92.0 cm³/mol. The van der Waals surface area contributed by atoms with E-state index in [1.165, 1.54) is 0 Å². The Balaban J connectivity index is 0.00000400. The van der Waals surface area contributed by atoms with Gasteiger partial charge in [0.05, 0.1) is 6.61 Å². The summed E-state index contributed by atoms with van der Waals surface area (Å²) >= 11 is 3.38. The number of nitrogens with two attached hydrogens (primary N) is 1. The van der Waals surface area contributed by atoms with Gasteiger partial charge in [-0.3, -0.25) is 4.79 Å². The smallest absolute Gasteiger partial charge is 0.222 e. The minimum Gasteiger partial charge on any atom is -0.494 e. The largest absolute Gasteiger partial charge is 0.494 e. The number of hydrogen-bond donors (Lipinski definition) is 1. The van der Waals surface area contributed by atoms with Crippen molar-refractivity contribution in [2.45, 2.75) is 32.2 Å². The summed E-state index contributed by atoms with van der Waals surface area (Å²) in [4.78, 5) is 13.6. The zero-order chi connectivity index (χ0) is 15.0. The number of likely N-dealkylation sites (N-methyl/N-ethyl adjacent to an activating group) is 1. The molecule has 0 fully saturated rings. The van der Waals surface area contributed by atoms with Crippen molar-refractivity contribution >= 4 is 34.2 Å². The minimum absolute atomic E-state index is 0. The van der Waals surface area contributed by atoms with Crippen molar-refractivity contribution < 1.29 is 9.53 Å². The maximum absolute atomic E-state index is 11.8. The monoisotopic (exact) mass is 378 g/mol. The zero-order valence-electron chi connectivity index (χ0n) is 12.5. The Labute approximate surface area is 141 Å². The van der Waals surface area contributed by atoms with Gasteiger partial charge in [-0.25, -0.2) is 0 Å². The molecule has 0 aliphatic carbocycles. The van der Waals surface area contributed by atoms with Crippen LogP contribution >= 0.6 is 28.3 Å². The summed E-state index contributed by atoms with van der Waals surface area (Å²) < 4.78 is 6.64. The third-order valence-corrected chi connectivity index (χ3v) is 3.79. The van der Waals surface area contributed by atoms with Gasteiger partial charge in [-0.05, 0) is 44.0 Å². The fourth-order valence-electron chi connectivity index (χ4n) is 1.68. The van der Waals surface area contributed by atoms with E-state index in [4.69, 9.17) is 10.5 Å². The molecule has 21 heavy (non-hydrogen) atoms. The van der Waals surface area contributed by atoms with Crippen molar-refractivity contribution in [2.24, 2.45) is 5.73 Å². The summed E-state index contributed by atoms with van der Waals surface area (Å²) in [6, 6.07) is 7.84. The molecule has 0 spiro atoms. The molecule has 0 aliphatic heterocycles. The third kappa shape index (κ3) is 7.69. The topological polar surface area (TPSA) is 55.6 Å². The molecule has 0 aromatic heterocycles. The number of ether oxygens (including phenoxy) is 1. The molecule has 2 N–H and O–H groups in total. The van der Waals surface area contributed by atoms with Crippen LogP contribution in [0.25, 0.3) is 0 Å². The summed E-state index contributed by atoms with van der Waals surface area (Å²) in [5, 5.41) is 0. The second-order valence-electron chi connectivity index (χ2n) is 4.85. The van der Waals surface area contributed by atoms with Crippen LogP contribution in [-0.2, 0) is 4.79 Å². The Morgan fingerprint density at radius 2 is 1.95 bits per heavy atom. The van der Waals surface area contributed by atoms with Gasteiger partial charge in [-0.15, -0.1) is 12.4 Å². The number of hydrogen-bond acceptors (Lipinski definition) is 3. The van der Waals surface area contributed by atoms with Crippen LogP contribution < -0.4 is 10.5 Å². The molecule has 4 nitrogen and oxygen atoms in total. The van der Waals surface area contributed by atoms with Crippen LogP contribution in [0.5, 0.6) is 5.75 Å². The van der Waals surface area contributed by atoms with E-state index in [2.05, 4.69) is 15.9 Å². The molecular weight excluding hydrogens is 356 g/mol. The van der Waals surface area contributed by atoms with Gasteiger partial charge in [-0.1, -0.05) is 15.9 Å². The van der Waals surface area contributed by atoms with Crippen LogP contribution in [0, 0.1) is 0 Å². The highest BCUT2D eigenvalue weighted by molar-refractivity contribution is 9.10. The van der Waals surface area contributed by atoms with E-state index in [0.717, 1.165) is 23.1 Å². The average Bonchev–Trinajstić information content (AvgIpc) is 2.47. The average molecular weight is 380 g/mol. The summed E-state index contributed by atoms with van der Waals surface area (Å²) in [5.41, 5.74) is 5.54. The highest BCUT2D eigenvalue weighted by Crippen LogP contribution is 2.16. The van der Waals surface area contributed by atoms with Gasteiger partial charge >= 0.3 is 0 Å². The second-order valence-corrected chi connectivity index (χ2v) is 5.76. The molecule has 0 saturated carbocycles. The summed E-state index contributed by atoms with van der Waals surface area (Å²) in [7, 11) is 1.80. The molecule has 1 aromatic carbocycles. The number of nitrogens with zero attached hydrogens (tertiary/aromatic N) is 1. The Hall–Kier alpha value is -0.780. The van der Waals surface area contributed by atoms with E-state index in [-0.39, 0.29) is 24.4 Å². The van der Waals surface area contributed by atoms with Crippen molar-refractivity contribution in [3.8, 4) is 5.75 Å². The van der Waals surface area contributed by atoms with Gasteiger partial charge in [0.25, 0.3) is 0 Å². The highest BCUT2D eigenvalue weighted by Gasteiger charge is 2.13. The summed E-state index contributed by atoms with van der Waals surface area (Å²) in [6.45, 7) is 3.08. The lowest BCUT2D eigenvalue weighted by Gasteiger charge is -2.23. The number of amides is 1. The van der Waals surface area contributed by atoms with Crippen molar-refractivity contribution in [3.05, 3.63) is 28.7 Å². The van der Waals surface area contributed by atoms with Crippen LogP contribution in [0.15, 0.2) is 28.7 Å². The van der Waals surface area contributed by atoms with Crippen LogP contribution in [0.2, 0.25) is 0 Å². The lowest BCUT2D eigenvalue weighted by atomic mass is 10.2. The molecule has 0 heterocycles. The molecular formula is C15H24BrClN2O2. The maximum Gasteiger partial charge on any atom is 0.222 e. The summed E-state index contributed by atoms with van der Waals surface area (Å²) in [6.07, 6.45) is 2.24. The zero-order valence-corrected chi connectivity index (χ0v) is 15.0. The number of unbranched alkanes of at least 4 members (excludes halogenated alkanes) is 1. The lowest BCUT2D eigenvalue weighted by Crippen LogP contribution is -2.39. The number of carbonyl (C=O) groups is 1. The Kier molecular flexibility index (Phi) is 10.5. The van der Waals surface area contributed by atoms with E-state index in [9.17, 15) is 4.79 Å². The molecule has 1 amide bonds. The maximum atomic E-state index is 11.8. The molecule has 1 aromatic rings. The fourth-order valence-corrected chi connectivity index (χ4v) is 1.94. The van der Waals surface area contributed by atoms with Gasteiger partial charge in [-0.2, -0.15) is 0 Å². The van der Waals surface area contributed by atoms with Crippen LogP contribution in [0.4, 0.5) is 0 Å². The first-order chi connectivity index (χ1) is 9.54. The van der Waals surface area contributed by atoms with E-state index in [0.29, 0.717) is 19.6 Å². The highest BCUT2D eigenvalue weighted by atomic mass is 79.9. The first kappa shape index (κ1) is 20.2. The van der Waals surface area contributed by atoms with Crippen molar-refractivity contribution in [1.29, 1.82) is 0 Å². The molecule has 0 saturated heterocycles. The predicted octanol–water partition coefficient (Wildman–Crippen LogP) is 3.23. The molecule has 1 rings (SSSR count). The summed E-state index contributed by atoms with van der Waals surface area (Å²) in [5.74, 6) is 1.000. The minimum atomic E-state index is 0. The molecule has 1 unspecified atom stereocenters. The Morgan fingerprint density at radius 3 is 2.52 bits per heavy atom. The third-order valence-electron chi connectivity index (χ3n) is 3.26. The van der Waals surface area contributed by atoms with Crippen LogP contribution in [-0.4, -0.2) is 37.0 Å². The molecule has 6 heteroatoms. The van der Waals surface area contributed by atoms with Crippen molar-refractivity contribution in [3.63, 3.8) is 0 Å². The van der Waals surface area contributed by atoms with Gasteiger partial charge < -0.3 is 15.4 Å². The number of halogens is 2. The van der Waals surface area contributed by atoms with Gasteiger partial charge in [0.2, 0.25) is 5.91 Å². The Morgan fingerprint density at radius 1 is 1.33 bits per heavy atom. The first-order valence-corrected chi connectivity index (χ1v) is 7.68. The molecule has 120 valence electrons. The van der Waals surface area contributed by atoms with E-state index < -0.39 is 0 Å². The number of carbonyl (C=O) groups excluding carboxylic acids is 1. The molecule has 0 bridgehead atoms. The standard InChI is InChI=1S/C15H23BrN2O2.ClH/c1-12(11-17)18(2)15(19)5-3-4-10-20-14-8-6-13(16)7-9-14;/h6-9,12H,3-5,10-11,17H2,1-2H3;1H. The van der Waals surface area contributed by atoms with E-state index in [1.54, 1.807) is 11.9 Å². The van der Waals surface area contributed by atoms with Gasteiger partial charge in [0, 0.05) is 30.5 Å². The quantitative estimate of drug-likeness (QED) is 0.706. The lowest BCUT2D eigenvalue weighted by molar-refractivity contribution is -0.131. The molecule has 0 aliphatic rings. The Bertz CT molecular complexity index is 415. The molecule has 1 atom stereocenters.